The molecule has 1 aromatic carbocycles. The van der Waals surface area contributed by atoms with Crippen LogP contribution in [0.3, 0.4) is 0 Å². The minimum atomic E-state index is 0.548. The first kappa shape index (κ1) is 20.0. The van der Waals surface area contributed by atoms with Gasteiger partial charge in [0.15, 0.2) is 0 Å². The van der Waals surface area contributed by atoms with Crippen LogP contribution in [0.1, 0.15) is 37.9 Å². The molecule has 1 aliphatic rings. The van der Waals surface area contributed by atoms with E-state index < -0.39 is 0 Å². The van der Waals surface area contributed by atoms with E-state index in [1.165, 1.54) is 25.7 Å². The number of aryl methyl sites for hydroxylation is 1. The van der Waals surface area contributed by atoms with Crippen molar-refractivity contribution in [3.8, 4) is 11.5 Å². The van der Waals surface area contributed by atoms with E-state index in [1.807, 2.05) is 37.3 Å². The monoisotopic (exact) mass is 382 g/mol. The SMILES string of the molecule is COc1ccc(OCCNc2cc(NCCC3=CCCCC3)nc(C)n2)cc1. The average Bonchev–Trinajstić information content (AvgIpc) is 2.72. The Kier molecular flexibility index (Phi) is 7.53. The van der Waals surface area contributed by atoms with Gasteiger partial charge in [0, 0.05) is 12.6 Å². The highest BCUT2D eigenvalue weighted by Gasteiger charge is 2.05. The summed E-state index contributed by atoms with van der Waals surface area (Å²) in [6.45, 7) is 4.03. The molecular weight excluding hydrogens is 352 g/mol. The molecule has 1 heterocycles. The van der Waals surface area contributed by atoms with Crippen molar-refractivity contribution >= 4 is 11.6 Å². The predicted molar refractivity (Wildman–Crippen MR) is 113 cm³/mol. The quantitative estimate of drug-likeness (QED) is 0.463. The third-order valence-corrected chi connectivity index (χ3v) is 4.71. The maximum Gasteiger partial charge on any atom is 0.131 e. The van der Waals surface area contributed by atoms with Crippen molar-refractivity contribution in [3.63, 3.8) is 0 Å². The molecule has 3 rings (SSSR count). The van der Waals surface area contributed by atoms with Crippen molar-refractivity contribution < 1.29 is 9.47 Å². The van der Waals surface area contributed by atoms with Crippen molar-refractivity contribution in [3.05, 3.63) is 47.8 Å². The lowest BCUT2D eigenvalue weighted by atomic mass is 9.97. The highest BCUT2D eigenvalue weighted by atomic mass is 16.5. The van der Waals surface area contributed by atoms with E-state index >= 15 is 0 Å². The van der Waals surface area contributed by atoms with E-state index in [0.29, 0.717) is 13.2 Å². The minimum Gasteiger partial charge on any atom is -0.497 e. The first-order chi connectivity index (χ1) is 13.7. The van der Waals surface area contributed by atoms with E-state index in [1.54, 1.807) is 12.7 Å². The zero-order chi connectivity index (χ0) is 19.6. The molecule has 2 aromatic rings. The van der Waals surface area contributed by atoms with Crippen LogP contribution < -0.4 is 20.1 Å². The Hall–Kier alpha value is -2.76. The summed E-state index contributed by atoms with van der Waals surface area (Å²) in [7, 11) is 1.65. The van der Waals surface area contributed by atoms with E-state index in [9.17, 15) is 0 Å². The number of nitrogens with zero attached hydrogens (tertiary/aromatic N) is 2. The molecule has 0 aliphatic heterocycles. The first-order valence-electron chi connectivity index (χ1n) is 10.0. The van der Waals surface area contributed by atoms with E-state index in [4.69, 9.17) is 9.47 Å². The Morgan fingerprint density at radius 2 is 1.68 bits per heavy atom. The number of nitrogens with one attached hydrogen (secondary N) is 2. The van der Waals surface area contributed by atoms with Gasteiger partial charge in [0.2, 0.25) is 0 Å². The summed E-state index contributed by atoms with van der Waals surface area (Å²) in [6.07, 6.45) is 8.61. The first-order valence-corrected chi connectivity index (χ1v) is 10.0. The lowest BCUT2D eigenvalue weighted by molar-refractivity contribution is 0.331. The topological polar surface area (TPSA) is 68.3 Å². The van der Waals surface area contributed by atoms with Crippen LogP contribution in [0.25, 0.3) is 0 Å². The fourth-order valence-corrected chi connectivity index (χ4v) is 3.25. The van der Waals surface area contributed by atoms with Gasteiger partial charge in [-0.2, -0.15) is 0 Å². The van der Waals surface area contributed by atoms with Crippen LogP contribution in [0.5, 0.6) is 11.5 Å². The largest absolute Gasteiger partial charge is 0.497 e. The molecule has 0 saturated carbocycles. The molecule has 0 spiro atoms. The second-order valence-corrected chi connectivity index (χ2v) is 6.92. The Morgan fingerprint density at radius 1 is 0.964 bits per heavy atom. The minimum absolute atomic E-state index is 0.548. The Morgan fingerprint density at radius 3 is 2.36 bits per heavy atom. The van der Waals surface area contributed by atoms with E-state index in [-0.39, 0.29) is 0 Å². The summed E-state index contributed by atoms with van der Waals surface area (Å²) < 4.78 is 10.9. The van der Waals surface area contributed by atoms with Gasteiger partial charge in [-0.05, 0) is 63.3 Å². The lowest BCUT2D eigenvalue weighted by Crippen LogP contribution is -2.14. The summed E-state index contributed by atoms with van der Waals surface area (Å²) >= 11 is 0. The van der Waals surface area contributed by atoms with Crippen molar-refractivity contribution in [2.45, 2.75) is 39.0 Å². The van der Waals surface area contributed by atoms with Gasteiger partial charge in [0.1, 0.15) is 35.6 Å². The molecule has 0 saturated heterocycles. The predicted octanol–water partition coefficient (Wildman–Crippen LogP) is 4.59. The number of ether oxygens (including phenoxy) is 2. The van der Waals surface area contributed by atoms with Gasteiger partial charge in [-0.1, -0.05) is 11.6 Å². The van der Waals surface area contributed by atoms with Gasteiger partial charge in [-0.3, -0.25) is 0 Å². The molecule has 0 fully saturated rings. The van der Waals surface area contributed by atoms with Gasteiger partial charge in [-0.15, -0.1) is 0 Å². The zero-order valence-corrected chi connectivity index (χ0v) is 16.8. The maximum atomic E-state index is 5.74. The molecule has 0 atom stereocenters. The number of methoxy groups -OCH3 is 1. The van der Waals surface area contributed by atoms with Crippen LogP contribution >= 0.6 is 0 Å². The summed E-state index contributed by atoms with van der Waals surface area (Å²) in [6, 6.07) is 9.53. The number of rotatable bonds is 10. The highest BCUT2D eigenvalue weighted by molar-refractivity contribution is 5.47. The second-order valence-electron chi connectivity index (χ2n) is 6.92. The summed E-state index contributed by atoms with van der Waals surface area (Å²) in [5, 5.41) is 6.73. The third-order valence-electron chi connectivity index (χ3n) is 4.71. The third kappa shape index (κ3) is 6.44. The lowest BCUT2D eigenvalue weighted by Gasteiger charge is -2.14. The molecule has 0 radical (unpaired) electrons. The summed E-state index contributed by atoms with van der Waals surface area (Å²) in [5.74, 6) is 4.07. The molecule has 0 amide bonds. The van der Waals surface area contributed by atoms with Crippen LogP contribution in [0.2, 0.25) is 0 Å². The van der Waals surface area contributed by atoms with Crippen LogP contribution in [-0.4, -0.2) is 36.8 Å². The van der Waals surface area contributed by atoms with Crippen molar-refractivity contribution in [1.82, 2.24) is 9.97 Å². The van der Waals surface area contributed by atoms with E-state index in [0.717, 1.165) is 41.9 Å². The van der Waals surface area contributed by atoms with Crippen LogP contribution in [0, 0.1) is 6.92 Å². The number of anilines is 2. The maximum absolute atomic E-state index is 5.74. The molecule has 0 bridgehead atoms. The molecule has 1 aromatic heterocycles. The Bertz CT molecular complexity index is 775. The summed E-state index contributed by atoms with van der Waals surface area (Å²) in [5.41, 5.74) is 1.57. The van der Waals surface area contributed by atoms with Crippen molar-refractivity contribution in [2.24, 2.45) is 0 Å². The normalized spacial score (nSPS) is 13.6. The number of allylic oxidation sites excluding steroid dienone is 1. The van der Waals surface area contributed by atoms with Crippen LogP contribution in [0.4, 0.5) is 11.6 Å². The molecule has 150 valence electrons. The molecule has 1 aliphatic carbocycles. The number of aromatic nitrogens is 2. The fourth-order valence-electron chi connectivity index (χ4n) is 3.25. The van der Waals surface area contributed by atoms with Crippen molar-refractivity contribution in [2.75, 3.05) is 37.4 Å². The Labute approximate surface area is 167 Å². The smallest absolute Gasteiger partial charge is 0.131 e. The van der Waals surface area contributed by atoms with Gasteiger partial charge in [0.05, 0.1) is 13.7 Å². The second kappa shape index (κ2) is 10.5. The number of hydrogen-bond donors (Lipinski definition) is 2. The standard InChI is InChI=1S/C22H30N4O2/c1-17-25-21(23-13-12-18-6-4-3-5-7-18)16-22(26-17)24-14-15-28-20-10-8-19(27-2)9-11-20/h6,8-11,16H,3-5,7,12-15H2,1-2H3,(H2,23,24,25,26). The van der Waals surface area contributed by atoms with Gasteiger partial charge >= 0.3 is 0 Å². The van der Waals surface area contributed by atoms with Gasteiger partial charge < -0.3 is 20.1 Å². The van der Waals surface area contributed by atoms with Gasteiger partial charge in [-0.25, -0.2) is 9.97 Å². The van der Waals surface area contributed by atoms with Crippen LogP contribution in [0.15, 0.2) is 42.0 Å². The number of benzene rings is 1. The number of hydrogen-bond acceptors (Lipinski definition) is 6. The van der Waals surface area contributed by atoms with E-state index in [2.05, 4.69) is 26.7 Å². The molecule has 0 unspecified atom stereocenters. The molecule has 6 nitrogen and oxygen atoms in total. The molecule has 28 heavy (non-hydrogen) atoms. The van der Waals surface area contributed by atoms with Crippen molar-refractivity contribution in [1.29, 1.82) is 0 Å². The fraction of sp³-hybridized carbons (Fsp3) is 0.455. The molecular formula is C22H30N4O2. The molecule has 6 heteroatoms. The van der Waals surface area contributed by atoms with Crippen LogP contribution in [-0.2, 0) is 0 Å². The highest BCUT2D eigenvalue weighted by Crippen LogP contribution is 2.20. The summed E-state index contributed by atoms with van der Waals surface area (Å²) in [4.78, 5) is 8.94. The Balaban J connectivity index is 1.42. The van der Waals surface area contributed by atoms with Gasteiger partial charge in [0.25, 0.3) is 0 Å². The zero-order valence-electron chi connectivity index (χ0n) is 16.8. The average molecular weight is 383 g/mol. The molecule has 2 N–H and O–H groups in total.